The molecule has 1 atom stereocenters. The van der Waals surface area contributed by atoms with Gasteiger partial charge in [-0.15, -0.1) is 11.8 Å². The molecule has 1 aromatic carbocycles. The average Bonchev–Trinajstić information content (AvgIpc) is 3.17. The molecule has 2 heterocycles. The molecule has 0 amide bonds. The van der Waals surface area contributed by atoms with Crippen LogP contribution in [0, 0.1) is 0 Å². The third-order valence-corrected chi connectivity index (χ3v) is 4.27. The smallest absolute Gasteiger partial charge is 0.329 e. The molecule has 4 nitrogen and oxygen atoms in total. The highest BCUT2D eigenvalue weighted by Gasteiger charge is 2.24. The second-order valence-corrected chi connectivity index (χ2v) is 5.69. The molecule has 1 aliphatic heterocycles. The summed E-state index contributed by atoms with van der Waals surface area (Å²) in [5.74, 6) is -0.345. The lowest BCUT2D eigenvalue weighted by Crippen LogP contribution is -2.17. The number of hydrogen-bond donors (Lipinski definition) is 2. The second kappa shape index (κ2) is 6.01. The minimum atomic E-state index is -0.858. The summed E-state index contributed by atoms with van der Waals surface area (Å²) in [6.45, 7) is 0. The van der Waals surface area contributed by atoms with Crippen LogP contribution in [0.5, 0.6) is 0 Å². The minimum Gasteiger partial charge on any atom is -0.480 e. The lowest BCUT2D eigenvalue weighted by Gasteiger charge is -2.00. The summed E-state index contributed by atoms with van der Waals surface area (Å²) in [4.78, 5) is 18.2. The van der Waals surface area contributed by atoms with Crippen molar-refractivity contribution in [3.8, 4) is 0 Å². The molecule has 0 radical (unpaired) electrons. The summed E-state index contributed by atoms with van der Waals surface area (Å²) < 4.78 is 0. The van der Waals surface area contributed by atoms with E-state index in [1.54, 1.807) is 0 Å². The number of aromatic amines is 1. The van der Waals surface area contributed by atoms with Gasteiger partial charge < -0.3 is 10.1 Å². The van der Waals surface area contributed by atoms with E-state index in [0.717, 1.165) is 21.9 Å². The summed E-state index contributed by atoms with van der Waals surface area (Å²) in [6, 6.07) is 11.3. The second-order valence-electron chi connectivity index (χ2n) is 4.68. The average molecular weight is 298 g/mol. The van der Waals surface area contributed by atoms with Crippen molar-refractivity contribution in [3.63, 3.8) is 0 Å². The van der Waals surface area contributed by atoms with Crippen molar-refractivity contribution in [2.75, 3.05) is 5.75 Å². The molecule has 106 valence electrons. The van der Waals surface area contributed by atoms with E-state index in [2.05, 4.69) is 9.98 Å². The number of aromatic nitrogens is 1. The first-order chi connectivity index (χ1) is 10.2. The third-order valence-electron chi connectivity index (χ3n) is 3.17. The first-order valence-electron chi connectivity index (χ1n) is 6.58. The molecule has 0 saturated carbocycles. The van der Waals surface area contributed by atoms with Crippen molar-refractivity contribution in [1.29, 1.82) is 0 Å². The van der Waals surface area contributed by atoms with Crippen LogP contribution in [0.2, 0.25) is 0 Å². The zero-order valence-corrected chi connectivity index (χ0v) is 12.0. The van der Waals surface area contributed by atoms with E-state index in [1.807, 2.05) is 54.7 Å². The Kier molecular flexibility index (Phi) is 3.92. The lowest BCUT2D eigenvalue weighted by molar-refractivity contribution is -0.137. The molecule has 0 spiro atoms. The van der Waals surface area contributed by atoms with Crippen molar-refractivity contribution in [2.24, 2.45) is 4.99 Å². The molecule has 2 aromatic rings. The van der Waals surface area contributed by atoms with E-state index < -0.39 is 12.0 Å². The van der Waals surface area contributed by atoms with E-state index in [1.165, 1.54) is 11.8 Å². The van der Waals surface area contributed by atoms with Crippen LogP contribution in [-0.4, -0.2) is 32.9 Å². The van der Waals surface area contributed by atoms with Crippen LogP contribution >= 0.6 is 11.8 Å². The normalized spacial score (nSPS) is 18.1. The van der Waals surface area contributed by atoms with Gasteiger partial charge in [0, 0.05) is 23.2 Å². The van der Waals surface area contributed by atoms with Gasteiger partial charge in [0.15, 0.2) is 6.04 Å². The molecule has 5 heteroatoms. The monoisotopic (exact) mass is 298 g/mol. The largest absolute Gasteiger partial charge is 0.480 e. The van der Waals surface area contributed by atoms with E-state index >= 15 is 0 Å². The maximum absolute atomic E-state index is 10.9. The van der Waals surface area contributed by atoms with Crippen LogP contribution in [0.1, 0.15) is 16.8 Å². The fourth-order valence-electron chi connectivity index (χ4n) is 2.03. The van der Waals surface area contributed by atoms with Gasteiger partial charge in [-0.25, -0.2) is 4.79 Å². The number of carboxylic acid groups (broad SMARTS) is 1. The molecule has 0 saturated heterocycles. The number of aliphatic carboxylic acids is 1. The Bertz CT molecular complexity index is 688. The topological polar surface area (TPSA) is 65.4 Å². The Hall–Kier alpha value is -2.27. The Labute approximate surface area is 126 Å². The molecule has 21 heavy (non-hydrogen) atoms. The molecule has 3 rings (SSSR count). The first kappa shape index (κ1) is 13.7. The van der Waals surface area contributed by atoms with Crippen LogP contribution in [0.15, 0.2) is 47.6 Å². The maximum Gasteiger partial charge on any atom is 0.329 e. The molecule has 0 fully saturated rings. The molecule has 1 aromatic heterocycles. The number of thioether (sulfide) groups is 1. The number of nitrogens with one attached hydrogen (secondary N) is 1. The summed E-state index contributed by atoms with van der Waals surface area (Å²) in [6.07, 6.45) is 5.92. The van der Waals surface area contributed by atoms with E-state index in [0.29, 0.717) is 5.75 Å². The van der Waals surface area contributed by atoms with Gasteiger partial charge in [-0.3, -0.25) is 4.99 Å². The van der Waals surface area contributed by atoms with E-state index in [-0.39, 0.29) is 0 Å². The van der Waals surface area contributed by atoms with Crippen LogP contribution in [0.25, 0.3) is 12.2 Å². The predicted molar refractivity (Wildman–Crippen MR) is 86.6 cm³/mol. The first-order valence-corrected chi connectivity index (χ1v) is 7.56. The summed E-state index contributed by atoms with van der Waals surface area (Å²) in [5, 5.41) is 9.76. The number of hydrogen-bond acceptors (Lipinski definition) is 3. The maximum atomic E-state index is 10.9. The van der Waals surface area contributed by atoms with Crippen molar-refractivity contribution in [2.45, 2.75) is 6.04 Å². The number of H-pyrrole nitrogens is 1. The highest BCUT2D eigenvalue weighted by molar-refractivity contribution is 8.14. The quantitative estimate of drug-likeness (QED) is 0.911. The predicted octanol–water partition coefficient (Wildman–Crippen LogP) is 3.13. The zero-order chi connectivity index (χ0) is 14.7. The zero-order valence-electron chi connectivity index (χ0n) is 11.2. The van der Waals surface area contributed by atoms with Gasteiger partial charge in [0.25, 0.3) is 0 Å². The van der Waals surface area contributed by atoms with Crippen molar-refractivity contribution >= 4 is 34.9 Å². The molecule has 0 aliphatic carbocycles. The Morgan fingerprint density at radius 2 is 2.10 bits per heavy atom. The van der Waals surface area contributed by atoms with Crippen LogP contribution in [0.4, 0.5) is 0 Å². The fraction of sp³-hybridized carbons (Fsp3) is 0.125. The molecule has 2 N–H and O–H groups in total. The number of nitrogens with zero attached hydrogens (tertiary/aromatic N) is 1. The third kappa shape index (κ3) is 3.25. The van der Waals surface area contributed by atoms with Gasteiger partial charge in [-0.05, 0) is 23.8 Å². The number of benzene rings is 1. The number of carbonyl (C=O) groups is 1. The van der Waals surface area contributed by atoms with Crippen LogP contribution in [0.3, 0.4) is 0 Å². The minimum absolute atomic E-state index is 0.513. The highest BCUT2D eigenvalue weighted by atomic mass is 32.2. The van der Waals surface area contributed by atoms with Crippen molar-refractivity contribution in [1.82, 2.24) is 4.98 Å². The number of rotatable bonds is 4. The van der Waals surface area contributed by atoms with Crippen molar-refractivity contribution < 1.29 is 9.90 Å². The Morgan fingerprint density at radius 3 is 2.71 bits per heavy atom. The van der Waals surface area contributed by atoms with E-state index in [4.69, 9.17) is 5.11 Å². The summed E-state index contributed by atoms with van der Waals surface area (Å²) in [5.41, 5.74) is 3.12. The summed E-state index contributed by atoms with van der Waals surface area (Å²) >= 11 is 1.50. The van der Waals surface area contributed by atoms with Crippen molar-refractivity contribution in [3.05, 3.63) is 59.4 Å². The SMILES string of the molecule is O=C(O)[C@H]1CSC(c2ccc(/C=C/c3ccc[nH]3)cc2)=N1. The Balaban J connectivity index is 1.73. The van der Waals surface area contributed by atoms with Gasteiger partial charge in [0.2, 0.25) is 0 Å². The molecule has 0 bridgehead atoms. The molecular formula is C16H14N2O2S. The van der Waals surface area contributed by atoms with E-state index in [9.17, 15) is 4.79 Å². The fourth-order valence-corrected chi connectivity index (χ4v) is 3.07. The number of carboxylic acids is 1. The summed E-state index contributed by atoms with van der Waals surface area (Å²) in [7, 11) is 0. The van der Waals surface area contributed by atoms with Crippen LogP contribution in [-0.2, 0) is 4.79 Å². The van der Waals surface area contributed by atoms with Gasteiger partial charge in [-0.2, -0.15) is 0 Å². The molecule has 1 aliphatic rings. The highest BCUT2D eigenvalue weighted by Crippen LogP contribution is 2.24. The van der Waals surface area contributed by atoms with Gasteiger partial charge in [-0.1, -0.05) is 30.3 Å². The standard InChI is InChI=1S/C16H14N2O2S/c19-16(20)14-10-21-15(18-14)12-6-3-11(4-7-12)5-8-13-2-1-9-17-13/h1-9,14,17H,10H2,(H,19,20)/b8-5+/t14-/m1/s1. The molecule has 0 unspecified atom stereocenters. The van der Waals surface area contributed by atoms with Crippen LogP contribution < -0.4 is 0 Å². The Morgan fingerprint density at radius 1 is 1.29 bits per heavy atom. The van der Waals surface area contributed by atoms with Gasteiger partial charge in [0.05, 0.1) is 5.04 Å². The number of aliphatic imine (C=N–C) groups is 1. The lowest BCUT2D eigenvalue weighted by atomic mass is 10.1. The van der Waals surface area contributed by atoms with Gasteiger partial charge in [0.1, 0.15) is 0 Å². The molecular weight excluding hydrogens is 284 g/mol. The van der Waals surface area contributed by atoms with Gasteiger partial charge >= 0.3 is 5.97 Å².